The van der Waals surface area contributed by atoms with Crippen LogP contribution in [0.25, 0.3) is 10.9 Å². The van der Waals surface area contributed by atoms with Crippen molar-refractivity contribution < 1.29 is 4.79 Å². The molecule has 106 valence electrons. The number of aryl methyl sites for hydroxylation is 1. The van der Waals surface area contributed by atoms with E-state index < -0.39 is 0 Å². The number of nitrogens with zero attached hydrogens (tertiary/aromatic N) is 2. The predicted molar refractivity (Wildman–Crippen MR) is 86.0 cm³/mol. The molecule has 3 rings (SSSR count). The van der Waals surface area contributed by atoms with Crippen molar-refractivity contribution >= 4 is 32.7 Å². The summed E-state index contributed by atoms with van der Waals surface area (Å²) in [5.41, 5.74) is 2.55. The van der Waals surface area contributed by atoms with Crippen LogP contribution in [0.2, 0.25) is 0 Å². The monoisotopic (exact) mass is 343 g/mol. The Kier molecular flexibility index (Phi) is 3.75. The van der Waals surface area contributed by atoms with E-state index in [1.54, 1.807) is 6.07 Å². The molecular formula is C16H14BrN3O. The highest BCUT2D eigenvalue weighted by Gasteiger charge is 2.12. The van der Waals surface area contributed by atoms with Crippen LogP contribution < -0.4 is 5.32 Å². The Morgan fingerprint density at radius 2 is 1.90 bits per heavy atom. The summed E-state index contributed by atoms with van der Waals surface area (Å²) in [5, 5.41) is 8.45. The maximum atomic E-state index is 12.2. The van der Waals surface area contributed by atoms with E-state index >= 15 is 0 Å². The quantitative estimate of drug-likeness (QED) is 0.793. The zero-order chi connectivity index (χ0) is 14.8. The minimum atomic E-state index is -0.114. The molecule has 0 spiro atoms. The van der Waals surface area contributed by atoms with Crippen LogP contribution in [0.3, 0.4) is 0 Å². The largest absolute Gasteiger partial charge is 0.346 e. The van der Waals surface area contributed by atoms with E-state index in [-0.39, 0.29) is 5.91 Å². The number of carbonyl (C=O) groups is 1. The van der Waals surface area contributed by atoms with Gasteiger partial charge in [0.05, 0.1) is 23.3 Å². The van der Waals surface area contributed by atoms with Gasteiger partial charge in [-0.3, -0.25) is 9.48 Å². The van der Waals surface area contributed by atoms with Gasteiger partial charge in [-0.05, 0) is 34.1 Å². The van der Waals surface area contributed by atoms with Gasteiger partial charge in [-0.1, -0.05) is 30.3 Å². The van der Waals surface area contributed by atoms with E-state index in [1.165, 1.54) is 0 Å². The number of nitrogens with one attached hydrogen (secondary N) is 1. The lowest BCUT2D eigenvalue weighted by Gasteiger charge is -2.05. The van der Waals surface area contributed by atoms with E-state index in [0.717, 1.165) is 21.1 Å². The molecule has 0 bridgehead atoms. The number of rotatable bonds is 3. The van der Waals surface area contributed by atoms with Gasteiger partial charge in [0.2, 0.25) is 0 Å². The molecule has 21 heavy (non-hydrogen) atoms. The number of hydrogen-bond donors (Lipinski definition) is 1. The zero-order valence-corrected chi connectivity index (χ0v) is 13.1. The summed E-state index contributed by atoms with van der Waals surface area (Å²) in [5.74, 6) is -0.114. The summed E-state index contributed by atoms with van der Waals surface area (Å²) in [6.07, 6.45) is 0. The SMILES string of the molecule is Cn1nc(CNC(=O)c2ccccc2Br)c2ccccc21. The molecule has 0 aliphatic heterocycles. The van der Waals surface area contributed by atoms with Crippen LogP contribution in [-0.4, -0.2) is 15.7 Å². The molecule has 5 heteroatoms. The van der Waals surface area contributed by atoms with Crippen LogP contribution in [0.1, 0.15) is 16.1 Å². The fourth-order valence-electron chi connectivity index (χ4n) is 2.32. The molecule has 0 fully saturated rings. The van der Waals surface area contributed by atoms with Crippen LogP contribution in [-0.2, 0) is 13.6 Å². The lowest BCUT2D eigenvalue weighted by molar-refractivity contribution is 0.0949. The van der Waals surface area contributed by atoms with Gasteiger partial charge in [0.25, 0.3) is 5.91 Å². The van der Waals surface area contributed by atoms with Crippen molar-refractivity contribution in [1.82, 2.24) is 15.1 Å². The molecule has 0 aliphatic carbocycles. The Bertz CT molecular complexity index is 810. The Hall–Kier alpha value is -2.14. The van der Waals surface area contributed by atoms with Gasteiger partial charge in [-0.2, -0.15) is 5.10 Å². The maximum absolute atomic E-state index is 12.2. The van der Waals surface area contributed by atoms with Crippen molar-refractivity contribution in [3.63, 3.8) is 0 Å². The molecule has 1 N–H and O–H groups in total. The molecule has 0 radical (unpaired) electrons. The van der Waals surface area contributed by atoms with Crippen LogP contribution in [0.15, 0.2) is 53.0 Å². The number of fused-ring (bicyclic) bond motifs is 1. The fourth-order valence-corrected chi connectivity index (χ4v) is 2.79. The van der Waals surface area contributed by atoms with Crippen molar-refractivity contribution in [2.24, 2.45) is 7.05 Å². The summed E-state index contributed by atoms with van der Waals surface area (Å²) in [4.78, 5) is 12.2. The highest BCUT2D eigenvalue weighted by atomic mass is 79.9. The van der Waals surface area contributed by atoms with Gasteiger partial charge in [0.1, 0.15) is 0 Å². The molecule has 0 saturated carbocycles. The van der Waals surface area contributed by atoms with E-state index in [9.17, 15) is 4.79 Å². The van der Waals surface area contributed by atoms with E-state index in [1.807, 2.05) is 54.2 Å². The van der Waals surface area contributed by atoms with E-state index in [2.05, 4.69) is 26.3 Å². The lowest BCUT2D eigenvalue weighted by atomic mass is 10.2. The summed E-state index contributed by atoms with van der Waals surface area (Å²) in [6, 6.07) is 15.4. The molecule has 1 heterocycles. The molecule has 3 aromatic rings. The molecule has 0 aliphatic rings. The summed E-state index contributed by atoms with van der Waals surface area (Å²) >= 11 is 3.39. The molecule has 1 amide bonds. The van der Waals surface area contributed by atoms with Crippen LogP contribution >= 0.6 is 15.9 Å². The standard InChI is InChI=1S/C16H14BrN3O/c1-20-15-9-5-3-7-12(15)14(19-20)10-18-16(21)11-6-2-4-8-13(11)17/h2-9H,10H2,1H3,(H,18,21). The Balaban J connectivity index is 1.81. The topological polar surface area (TPSA) is 46.9 Å². The van der Waals surface area contributed by atoms with Gasteiger partial charge in [0.15, 0.2) is 0 Å². The Morgan fingerprint density at radius 3 is 2.71 bits per heavy atom. The summed E-state index contributed by atoms with van der Waals surface area (Å²) < 4.78 is 2.61. The predicted octanol–water partition coefficient (Wildman–Crippen LogP) is 3.27. The minimum absolute atomic E-state index is 0.114. The van der Waals surface area contributed by atoms with Gasteiger partial charge in [-0.15, -0.1) is 0 Å². The normalized spacial score (nSPS) is 10.8. The number of benzene rings is 2. The van der Waals surface area contributed by atoms with Crippen molar-refractivity contribution in [3.8, 4) is 0 Å². The average molecular weight is 344 g/mol. The van der Waals surface area contributed by atoms with Crippen molar-refractivity contribution in [2.75, 3.05) is 0 Å². The fraction of sp³-hybridized carbons (Fsp3) is 0.125. The van der Waals surface area contributed by atoms with Gasteiger partial charge >= 0.3 is 0 Å². The van der Waals surface area contributed by atoms with Crippen molar-refractivity contribution in [1.29, 1.82) is 0 Å². The average Bonchev–Trinajstić information content (AvgIpc) is 2.82. The maximum Gasteiger partial charge on any atom is 0.252 e. The first-order valence-electron chi connectivity index (χ1n) is 6.60. The molecule has 0 unspecified atom stereocenters. The number of halogens is 1. The zero-order valence-electron chi connectivity index (χ0n) is 11.5. The number of amides is 1. The molecule has 0 atom stereocenters. The first kappa shape index (κ1) is 13.8. The minimum Gasteiger partial charge on any atom is -0.346 e. The van der Waals surface area contributed by atoms with E-state index in [0.29, 0.717) is 12.1 Å². The smallest absolute Gasteiger partial charge is 0.252 e. The number of para-hydroxylation sites is 1. The first-order valence-corrected chi connectivity index (χ1v) is 7.39. The third-order valence-corrected chi connectivity index (χ3v) is 4.06. The Morgan fingerprint density at radius 1 is 1.19 bits per heavy atom. The highest BCUT2D eigenvalue weighted by Crippen LogP contribution is 2.18. The van der Waals surface area contributed by atoms with Gasteiger partial charge < -0.3 is 5.32 Å². The third-order valence-electron chi connectivity index (χ3n) is 3.37. The van der Waals surface area contributed by atoms with Gasteiger partial charge in [0, 0.05) is 16.9 Å². The van der Waals surface area contributed by atoms with Crippen LogP contribution in [0.5, 0.6) is 0 Å². The lowest BCUT2D eigenvalue weighted by Crippen LogP contribution is -2.23. The van der Waals surface area contributed by atoms with Crippen molar-refractivity contribution in [3.05, 3.63) is 64.3 Å². The second-order valence-electron chi connectivity index (χ2n) is 4.75. The molecule has 2 aromatic carbocycles. The summed E-state index contributed by atoms with van der Waals surface area (Å²) in [6.45, 7) is 0.404. The number of carbonyl (C=O) groups excluding carboxylic acids is 1. The second-order valence-corrected chi connectivity index (χ2v) is 5.60. The highest BCUT2D eigenvalue weighted by molar-refractivity contribution is 9.10. The number of aromatic nitrogens is 2. The second kappa shape index (κ2) is 5.69. The first-order chi connectivity index (χ1) is 10.2. The number of hydrogen-bond acceptors (Lipinski definition) is 2. The Labute approximate surface area is 130 Å². The van der Waals surface area contributed by atoms with E-state index in [4.69, 9.17) is 0 Å². The van der Waals surface area contributed by atoms with Crippen molar-refractivity contribution in [2.45, 2.75) is 6.54 Å². The van der Waals surface area contributed by atoms with Crippen LogP contribution in [0.4, 0.5) is 0 Å². The summed E-state index contributed by atoms with van der Waals surface area (Å²) in [7, 11) is 1.90. The third kappa shape index (κ3) is 2.69. The molecule has 0 saturated heterocycles. The molecular weight excluding hydrogens is 330 g/mol. The molecule has 4 nitrogen and oxygen atoms in total. The van der Waals surface area contributed by atoms with Crippen LogP contribution in [0, 0.1) is 0 Å². The van der Waals surface area contributed by atoms with Gasteiger partial charge in [-0.25, -0.2) is 0 Å². The molecule has 1 aromatic heterocycles.